The zero-order chi connectivity index (χ0) is 10.3. The normalized spacial score (nSPS) is 15.3. The van der Waals surface area contributed by atoms with Crippen LogP contribution >= 0.6 is 0 Å². The van der Waals surface area contributed by atoms with Gasteiger partial charge in [0.1, 0.15) is 17.1 Å². The Morgan fingerprint density at radius 1 is 1.20 bits per heavy atom. The van der Waals surface area contributed by atoms with Crippen molar-refractivity contribution in [2.75, 3.05) is 7.11 Å². The van der Waals surface area contributed by atoms with Crippen LogP contribution in [0.1, 0.15) is 24.2 Å². The number of benzene rings is 1. The van der Waals surface area contributed by atoms with E-state index in [1.807, 2.05) is 12.1 Å². The molecule has 1 aromatic heterocycles. The van der Waals surface area contributed by atoms with Gasteiger partial charge >= 0.3 is 0 Å². The van der Waals surface area contributed by atoms with Crippen LogP contribution in [0.2, 0.25) is 0 Å². The predicted molar refractivity (Wildman–Crippen MR) is 59.4 cm³/mol. The number of hydrogen-bond donors (Lipinski definition) is 0. The van der Waals surface area contributed by atoms with Gasteiger partial charge in [-0.05, 0) is 37.5 Å². The number of fused-ring (bicyclic) bond motifs is 3. The van der Waals surface area contributed by atoms with Crippen LogP contribution in [0.3, 0.4) is 0 Å². The maximum atomic E-state index is 5.83. The van der Waals surface area contributed by atoms with Crippen LogP contribution in [0.15, 0.2) is 22.6 Å². The number of methoxy groups -OCH3 is 1. The van der Waals surface area contributed by atoms with Crippen molar-refractivity contribution >= 4 is 11.0 Å². The molecule has 0 fully saturated rings. The summed E-state index contributed by atoms with van der Waals surface area (Å²) >= 11 is 0. The first kappa shape index (κ1) is 8.84. The molecule has 2 nitrogen and oxygen atoms in total. The summed E-state index contributed by atoms with van der Waals surface area (Å²) in [5.74, 6) is 2.10. The van der Waals surface area contributed by atoms with E-state index in [4.69, 9.17) is 9.15 Å². The molecule has 0 bridgehead atoms. The molecule has 1 aromatic carbocycles. The summed E-state index contributed by atoms with van der Waals surface area (Å²) in [5.41, 5.74) is 2.40. The molecule has 0 spiro atoms. The number of rotatable bonds is 1. The first-order valence-electron chi connectivity index (χ1n) is 5.47. The lowest BCUT2D eigenvalue weighted by molar-refractivity contribution is 0.415. The lowest BCUT2D eigenvalue weighted by Crippen LogP contribution is -1.98. The molecule has 0 amide bonds. The van der Waals surface area contributed by atoms with Crippen LogP contribution in [0.25, 0.3) is 11.0 Å². The molecular formula is C13H14O2. The average molecular weight is 202 g/mol. The van der Waals surface area contributed by atoms with Crippen molar-refractivity contribution in [2.45, 2.75) is 25.7 Å². The maximum absolute atomic E-state index is 5.83. The van der Waals surface area contributed by atoms with Crippen molar-refractivity contribution in [3.05, 3.63) is 29.5 Å². The predicted octanol–water partition coefficient (Wildman–Crippen LogP) is 3.32. The van der Waals surface area contributed by atoms with Crippen LogP contribution in [-0.4, -0.2) is 7.11 Å². The molecule has 2 heteroatoms. The lowest BCUT2D eigenvalue weighted by atomic mass is 9.96. The van der Waals surface area contributed by atoms with E-state index in [0.29, 0.717) is 0 Å². The second-order valence-corrected chi connectivity index (χ2v) is 4.07. The van der Waals surface area contributed by atoms with Crippen LogP contribution in [0.4, 0.5) is 0 Å². The van der Waals surface area contributed by atoms with Gasteiger partial charge in [0.25, 0.3) is 0 Å². The monoisotopic (exact) mass is 202 g/mol. The molecule has 78 valence electrons. The van der Waals surface area contributed by atoms with Crippen molar-refractivity contribution in [2.24, 2.45) is 0 Å². The summed E-state index contributed by atoms with van der Waals surface area (Å²) in [6.07, 6.45) is 4.77. The minimum absolute atomic E-state index is 0.914. The Kier molecular flexibility index (Phi) is 1.94. The Balaban J connectivity index is 2.24. The van der Waals surface area contributed by atoms with Gasteiger partial charge in [-0.2, -0.15) is 0 Å². The second-order valence-electron chi connectivity index (χ2n) is 4.07. The highest BCUT2D eigenvalue weighted by molar-refractivity contribution is 5.84. The summed E-state index contributed by atoms with van der Waals surface area (Å²) in [7, 11) is 1.70. The molecule has 0 unspecified atom stereocenters. The van der Waals surface area contributed by atoms with Crippen molar-refractivity contribution in [3.8, 4) is 5.75 Å². The van der Waals surface area contributed by atoms with Gasteiger partial charge in [-0.15, -0.1) is 0 Å². The second kappa shape index (κ2) is 3.30. The third kappa shape index (κ3) is 1.32. The first-order chi connectivity index (χ1) is 7.38. The zero-order valence-electron chi connectivity index (χ0n) is 8.88. The number of hydrogen-bond acceptors (Lipinski definition) is 2. The molecule has 0 radical (unpaired) electrons. The van der Waals surface area contributed by atoms with Crippen LogP contribution in [0.5, 0.6) is 5.75 Å². The minimum atomic E-state index is 0.914. The van der Waals surface area contributed by atoms with Crippen molar-refractivity contribution in [3.63, 3.8) is 0 Å². The van der Waals surface area contributed by atoms with Crippen molar-refractivity contribution in [1.29, 1.82) is 0 Å². The Hall–Kier alpha value is -1.44. The number of aryl methyl sites for hydroxylation is 2. The van der Waals surface area contributed by atoms with Crippen LogP contribution in [0, 0.1) is 0 Å². The Morgan fingerprint density at radius 3 is 2.93 bits per heavy atom. The molecule has 1 heterocycles. The summed E-state index contributed by atoms with van der Waals surface area (Å²) in [5, 5.41) is 1.24. The van der Waals surface area contributed by atoms with Crippen LogP contribution < -0.4 is 4.74 Å². The van der Waals surface area contributed by atoms with Crippen molar-refractivity contribution < 1.29 is 9.15 Å². The molecular weight excluding hydrogens is 188 g/mol. The number of furan rings is 1. The minimum Gasteiger partial charge on any atom is -0.497 e. The highest BCUT2D eigenvalue weighted by atomic mass is 16.5. The van der Waals surface area contributed by atoms with Gasteiger partial charge in [0.15, 0.2) is 0 Å². The molecule has 1 aliphatic rings. The van der Waals surface area contributed by atoms with E-state index in [1.165, 1.54) is 29.6 Å². The van der Waals surface area contributed by atoms with E-state index in [9.17, 15) is 0 Å². The van der Waals surface area contributed by atoms with Gasteiger partial charge in [0, 0.05) is 17.4 Å². The van der Waals surface area contributed by atoms with Crippen molar-refractivity contribution in [1.82, 2.24) is 0 Å². The third-order valence-corrected chi connectivity index (χ3v) is 3.16. The van der Waals surface area contributed by atoms with E-state index < -0.39 is 0 Å². The van der Waals surface area contributed by atoms with E-state index in [1.54, 1.807) is 7.11 Å². The third-order valence-electron chi connectivity index (χ3n) is 3.16. The van der Waals surface area contributed by atoms with Gasteiger partial charge in [-0.3, -0.25) is 0 Å². The molecule has 0 N–H and O–H groups in total. The molecule has 2 aromatic rings. The van der Waals surface area contributed by atoms with E-state index in [2.05, 4.69) is 6.07 Å². The zero-order valence-corrected chi connectivity index (χ0v) is 8.88. The average Bonchev–Trinajstić information content (AvgIpc) is 2.66. The lowest BCUT2D eigenvalue weighted by Gasteiger charge is -2.08. The first-order valence-corrected chi connectivity index (χ1v) is 5.47. The quantitative estimate of drug-likeness (QED) is 0.707. The van der Waals surface area contributed by atoms with E-state index in [-0.39, 0.29) is 0 Å². The Bertz CT molecular complexity index is 496. The topological polar surface area (TPSA) is 22.4 Å². The molecule has 0 aliphatic heterocycles. The smallest absolute Gasteiger partial charge is 0.134 e. The Labute approximate surface area is 88.8 Å². The van der Waals surface area contributed by atoms with Crippen LogP contribution in [-0.2, 0) is 12.8 Å². The summed E-state index contributed by atoms with van der Waals surface area (Å²) in [4.78, 5) is 0. The van der Waals surface area contributed by atoms with Gasteiger partial charge in [0.2, 0.25) is 0 Å². The van der Waals surface area contributed by atoms with Gasteiger partial charge < -0.3 is 9.15 Å². The summed E-state index contributed by atoms with van der Waals surface area (Å²) in [6.45, 7) is 0. The maximum Gasteiger partial charge on any atom is 0.134 e. The SMILES string of the molecule is COc1ccc2oc3c(c2c1)CCCC3. The standard InChI is InChI=1S/C13H14O2/c1-14-9-6-7-13-11(8-9)10-4-2-3-5-12(10)15-13/h6-8H,2-5H2,1H3. The molecule has 0 saturated heterocycles. The summed E-state index contributed by atoms with van der Waals surface area (Å²) < 4.78 is 11.1. The molecule has 1 aliphatic carbocycles. The van der Waals surface area contributed by atoms with Gasteiger partial charge in [0.05, 0.1) is 7.11 Å². The van der Waals surface area contributed by atoms with Gasteiger partial charge in [-0.1, -0.05) is 0 Å². The van der Waals surface area contributed by atoms with E-state index >= 15 is 0 Å². The van der Waals surface area contributed by atoms with Gasteiger partial charge in [-0.25, -0.2) is 0 Å². The fraction of sp³-hybridized carbons (Fsp3) is 0.385. The highest BCUT2D eigenvalue weighted by Gasteiger charge is 2.17. The largest absolute Gasteiger partial charge is 0.497 e. The molecule has 3 rings (SSSR count). The fourth-order valence-corrected chi connectivity index (χ4v) is 2.37. The number of ether oxygens (including phenoxy) is 1. The van der Waals surface area contributed by atoms with E-state index in [0.717, 1.165) is 24.2 Å². The molecule has 0 saturated carbocycles. The fourth-order valence-electron chi connectivity index (χ4n) is 2.37. The molecule has 15 heavy (non-hydrogen) atoms. The Morgan fingerprint density at radius 2 is 2.07 bits per heavy atom. The summed E-state index contributed by atoms with van der Waals surface area (Å²) in [6, 6.07) is 6.05. The molecule has 0 atom stereocenters. The highest BCUT2D eigenvalue weighted by Crippen LogP contribution is 2.33.